The summed E-state index contributed by atoms with van der Waals surface area (Å²) in [5.74, 6) is -0.0698. The van der Waals surface area contributed by atoms with Crippen LogP contribution in [0.15, 0.2) is 47.4 Å². The Balaban J connectivity index is 2.17. The van der Waals surface area contributed by atoms with Gasteiger partial charge in [0, 0.05) is 17.3 Å². The Kier molecular flexibility index (Phi) is 7.49. The first-order chi connectivity index (χ1) is 12.8. The average molecular weight is 431 g/mol. The second-order valence-electron chi connectivity index (χ2n) is 5.51. The van der Waals surface area contributed by atoms with Crippen molar-refractivity contribution in [3.63, 3.8) is 0 Å². The Morgan fingerprint density at radius 1 is 1.15 bits per heavy atom. The molecule has 2 aromatic carbocycles. The average Bonchev–Trinajstić information content (AvgIpc) is 2.61. The Bertz CT molecular complexity index is 919. The van der Waals surface area contributed by atoms with Crippen molar-refractivity contribution in [3.05, 3.63) is 52.5 Å². The van der Waals surface area contributed by atoms with Crippen LogP contribution in [0.25, 0.3) is 0 Å². The molecule has 0 aliphatic carbocycles. The first-order valence-corrected chi connectivity index (χ1v) is 10.5. The highest BCUT2D eigenvalue weighted by molar-refractivity contribution is 7.89. The van der Waals surface area contributed by atoms with E-state index in [9.17, 15) is 13.2 Å². The summed E-state index contributed by atoms with van der Waals surface area (Å²) in [5.41, 5.74) is 0.491. The zero-order valence-corrected chi connectivity index (χ0v) is 17.2. The van der Waals surface area contributed by atoms with E-state index in [2.05, 4.69) is 5.32 Å². The van der Waals surface area contributed by atoms with Crippen molar-refractivity contribution < 1.29 is 17.9 Å². The molecule has 0 aliphatic heterocycles. The molecule has 0 spiro atoms. The third-order valence-electron chi connectivity index (χ3n) is 3.62. The van der Waals surface area contributed by atoms with E-state index in [0.29, 0.717) is 23.1 Å². The molecule has 2 aromatic rings. The number of sulfonamides is 1. The molecule has 27 heavy (non-hydrogen) atoms. The van der Waals surface area contributed by atoms with Gasteiger partial charge in [-0.15, -0.1) is 0 Å². The Morgan fingerprint density at radius 2 is 1.89 bits per heavy atom. The van der Waals surface area contributed by atoms with Gasteiger partial charge in [0.1, 0.15) is 5.75 Å². The fourth-order valence-corrected chi connectivity index (χ4v) is 4.28. The van der Waals surface area contributed by atoms with E-state index in [1.165, 1.54) is 18.2 Å². The minimum absolute atomic E-state index is 0.00615. The van der Waals surface area contributed by atoms with E-state index in [1.807, 2.05) is 0 Å². The van der Waals surface area contributed by atoms with E-state index >= 15 is 0 Å². The number of amides is 1. The molecule has 1 amide bonds. The lowest BCUT2D eigenvalue weighted by Crippen LogP contribution is -2.37. The first kappa shape index (κ1) is 21.5. The number of nitrogens with one attached hydrogen (secondary N) is 1. The van der Waals surface area contributed by atoms with Crippen molar-refractivity contribution in [2.75, 3.05) is 25.0 Å². The highest BCUT2D eigenvalue weighted by Gasteiger charge is 2.26. The number of carbonyl (C=O) groups is 1. The zero-order chi connectivity index (χ0) is 20.0. The van der Waals surface area contributed by atoms with E-state index in [1.54, 1.807) is 38.1 Å². The van der Waals surface area contributed by atoms with Gasteiger partial charge in [0.05, 0.1) is 23.1 Å². The normalized spacial score (nSPS) is 11.4. The van der Waals surface area contributed by atoms with Gasteiger partial charge in [0.25, 0.3) is 0 Å². The van der Waals surface area contributed by atoms with Gasteiger partial charge in [-0.05, 0) is 43.3 Å². The van der Waals surface area contributed by atoms with Gasteiger partial charge < -0.3 is 10.1 Å². The molecule has 0 saturated carbocycles. The number of likely N-dealkylation sites (N-methyl/N-ethyl adjacent to an activating group) is 1. The van der Waals surface area contributed by atoms with Gasteiger partial charge in [0.2, 0.25) is 15.9 Å². The summed E-state index contributed by atoms with van der Waals surface area (Å²) in [6, 6.07) is 10.8. The summed E-state index contributed by atoms with van der Waals surface area (Å²) in [5, 5.41) is 3.29. The summed E-state index contributed by atoms with van der Waals surface area (Å²) in [6.07, 6.45) is 0. The number of ether oxygens (including phenoxy) is 1. The molecule has 0 fully saturated rings. The van der Waals surface area contributed by atoms with Crippen LogP contribution >= 0.6 is 23.2 Å². The third kappa shape index (κ3) is 5.59. The lowest BCUT2D eigenvalue weighted by molar-refractivity contribution is -0.116. The molecule has 0 radical (unpaired) electrons. The molecule has 0 unspecified atom stereocenters. The lowest BCUT2D eigenvalue weighted by Gasteiger charge is -2.20. The van der Waals surface area contributed by atoms with Crippen LogP contribution in [0.2, 0.25) is 10.0 Å². The van der Waals surface area contributed by atoms with Crippen LogP contribution in [0.3, 0.4) is 0 Å². The van der Waals surface area contributed by atoms with Crippen molar-refractivity contribution in [3.8, 4) is 5.75 Å². The van der Waals surface area contributed by atoms with Gasteiger partial charge in [0.15, 0.2) is 0 Å². The second-order valence-corrected chi connectivity index (χ2v) is 8.30. The molecule has 0 atom stereocenters. The fourth-order valence-electron chi connectivity index (χ4n) is 2.36. The number of hydrogen-bond donors (Lipinski definition) is 1. The maximum absolute atomic E-state index is 12.9. The Labute approximate surface area is 169 Å². The Hall–Kier alpha value is -1.80. The highest BCUT2D eigenvalue weighted by atomic mass is 35.5. The maximum atomic E-state index is 12.9. The lowest BCUT2D eigenvalue weighted by atomic mass is 10.3. The maximum Gasteiger partial charge on any atom is 0.243 e. The van der Waals surface area contributed by atoms with Crippen LogP contribution in [0, 0.1) is 0 Å². The molecule has 0 saturated heterocycles. The molecule has 1 N–H and O–H groups in total. The Morgan fingerprint density at radius 3 is 2.48 bits per heavy atom. The van der Waals surface area contributed by atoms with Crippen LogP contribution in [0.5, 0.6) is 5.75 Å². The summed E-state index contributed by atoms with van der Waals surface area (Å²) in [7, 11) is -3.89. The monoisotopic (exact) mass is 430 g/mol. The van der Waals surface area contributed by atoms with Crippen molar-refractivity contribution in [2.45, 2.75) is 18.7 Å². The predicted octanol–water partition coefficient (Wildman–Crippen LogP) is 4.04. The SMILES string of the molecule is CCOc1ccc(S(=O)(=O)N(CC)CC(=O)Nc2cccc(Cl)c2)cc1Cl. The molecule has 0 aliphatic rings. The number of benzene rings is 2. The molecule has 0 bridgehead atoms. The largest absolute Gasteiger partial charge is 0.492 e. The summed E-state index contributed by atoms with van der Waals surface area (Å²) in [6.45, 7) is 3.65. The van der Waals surface area contributed by atoms with E-state index < -0.39 is 15.9 Å². The summed E-state index contributed by atoms with van der Waals surface area (Å²) in [4.78, 5) is 12.3. The topological polar surface area (TPSA) is 75.7 Å². The zero-order valence-electron chi connectivity index (χ0n) is 14.9. The molecule has 146 valence electrons. The number of anilines is 1. The quantitative estimate of drug-likeness (QED) is 0.685. The summed E-state index contributed by atoms with van der Waals surface area (Å²) >= 11 is 12.0. The van der Waals surface area contributed by atoms with E-state index in [0.717, 1.165) is 4.31 Å². The number of carbonyl (C=O) groups excluding carboxylic acids is 1. The van der Waals surface area contributed by atoms with Gasteiger partial charge >= 0.3 is 0 Å². The molecule has 2 rings (SSSR count). The third-order valence-corrected chi connectivity index (χ3v) is 6.07. The smallest absolute Gasteiger partial charge is 0.243 e. The molecule has 0 heterocycles. The minimum atomic E-state index is -3.89. The van der Waals surface area contributed by atoms with Crippen molar-refractivity contribution in [1.82, 2.24) is 4.31 Å². The summed E-state index contributed by atoms with van der Waals surface area (Å²) < 4.78 is 32.1. The molecular weight excluding hydrogens is 411 g/mol. The van der Waals surface area contributed by atoms with Gasteiger partial charge in [-0.25, -0.2) is 8.42 Å². The molecule has 9 heteroatoms. The van der Waals surface area contributed by atoms with Crippen LogP contribution in [-0.4, -0.2) is 38.3 Å². The second kappa shape index (κ2) is 9.41. The van der Waals surface area contributed by atoms with Crippen LogP contribution < -0.4 is 10.1 Å². The van der Waals surface area contributed by atoms with Crippen LogP contribution in [0.1, 0.15) is 13.8 Å². The number of halogens is 2. The molecule has 0 aromatic heterocycles. The standard InChI is InChI=1S/C18H20Cl2N2O4S/c1-3-22(12-18(23)21-14-7-5-6-13(19)10-14)27(24,25)15-8-9-17(26-4-2)16(20)11-15/h5-11H,3-4,12H2,1-2H3,(H,21,23). The highest BCUT2D eigenvalue weighted by Crippen LogP contribution is 2.28. The predicted molar refractivity (Wildman–Crippen MR) is 107 cm³/mol. The first-order valence-electron chi connectivity index (χ1n) is 8.25. The van der Waals surface area contributed by atoms with Crippen molar-refractivity contribution >= 4 is 44.8 Å². The van der Waals surface area contributed by atoms with Crippen LogP contribution in [-0.2, 0) is 14.8 Å². The van der Waals surface area contributed by atoms with Crippen LogP contribution in [0.4, 0.5) is 5.69 Å². The molecule has 6 nitrogen and oxygen atoms in total. The molecular formula is C18H20Cl2N2O4S. The van der Waals surface area contributed by atoms with Gasteiger partial charge in [-0.3, -0.25) is 4.79 Å². The van der Waals surface area contributed by atoms with E-state index in [-0.39, 0.29) is 23.0 Å². The van der Waals surface area contributed by atoms with Gasteiger partial charge in [-0.1, -0.05) is 36.2 Å². The number of nitrogens with zero attached hydrogens (tertiary/aromatic N) is 1. The van der Waals surface area contributed by atoms with E-state index in [4.69, 9.17) is 27.9 Å². The minimum Gasteiger partial charge on any atom is -0.492 e. The van der Waals surface area contributed by atoms with Crippen molar-refractivity contribution in [2.24, 2.45) is 0 Å². The number of rotatable bonds is 8. The van der Waals surface area contributed by atoms with Gasteiger partial charge in [-0.2, -0.15) is 4.31 Å². The number of hydrogen-bond acceptors (Lipinski definition) is 4. The fraction of sp³-hybridized carbons (Fsp3) is 0.278. The van der Waals surface area contributed by atoms with Crippen molar-refractivity contribution in [1.29, 1.82) is 0 Å².